The summed E-state index contributed by atoms with van der Waals surface area (Å²) in [4.78, 5) is 33.2. The van der Waals surface area contributed by atoms with Gasteiger partial charge in [0.15, 0.2) is 10.9 Å². The molecule has 0 saturated carbocycles. The Morgan fingerprint density at radius 2 is 1.81 bits per heavy atom. The van der Waals surface area contributed by atoms with Gasteiger partial charge in [-0.1, -0.05) is 27.7 Å². The lowest BCUT2D eigenvalue weighted by atomic mass is 9.97. The first-order valence-corrected chi connectivity index (χ1v) is 12.9. The maximum Gasteiger partial charge on any atom is 0.267 e. The van der Waals surface area contributed by atoms with Gasteiger partial charge in [-0.2, -0.15) is 0 Å². The summed E-state index contributed by atoms with van der Waals surface area (Å²) in [5.41, 5.74) is 2.19. The van der Waals surface area contributed by atoms with Gasteiger partial charge in [0.1, 0.15) is 10.6 Å². The number of aromatic nitrogens is 2. The number of carbonyl (C=O) groups is 1. The molecule has 0 fully saturated rings. The van der Waals surface area contributed by atoms with Gasteiger partial charge in [-0.05, 0) is 79.8 Å². The normalized spacial score (nSPS) is 13.3. The van der Waals surface area contributed by atoms with Crippen molar-refractivity contribution in [2.45, 2.75) is 30.8 Å². The summed E-state index contributed by atoms with van der Waals surface area (Å²) in [5, 5.41) is 1.20. The highest BCUT2D eigenvalue weighted by atomic mass is 79.9. The molecule has 2 aromatic carbocycles. The SMILES string of the molecule is O=C(CSc1nc2sc3c(c2c(=O)n1-c1ccc(Br)cc1)CCCC3)c1ccc(F)cc1. The number of halogens is 2. The number of thiophene rings is 1. The maximum absolute atomic E-state index is 13.7. The topological polar surface area (TPSA) is 52.0 Å². The van der Waals surface area contributed by atoms with E-state index in [-0.39, 0.29) is 22.9 Å². The minimum Gasteiger partial charge on any atom is -0.293 e. The lowest BCUT2D eigenvalue weighted by molar-refractivity contribution is 0.102. The third kappa shape index (κ3) is 4.07. The summed E-state index contributed by atoms with van der Waals surface area (Å²) in [6, 6.07) is 13.0. The summed E-state index contributed by atoms with van der Waals surface area (Å²) in [5.74, 6) is -0.421. The van der Waals surface area contributed by atoms with Crippen LogP contribution in [0, 0.1) is 5.82 Å². The molecule has 2 heterocycles. The summed E-state index contributed by atoms with van der Waals surface area (Å²) in [7, 11) is 0. The molecule has 2 aromatic heterocycles. The molecule has 0 bridgehead atoms. The Balaban J connectivity index is 1.59. The molecule has 1 aliphatic carbocycles. The van der Waals surface area contributed by atoms with E-state index in [1.807, 2.05) is 24.3 Å². The van der Waals surface area contributed by atoms with Crippen LogP contribution in [0.3, 0.4) is 0 Å². The molecule has 0 radical (unpaired) electrons. The van der Waals surface area contributed by atoms with E-state index >= 15 is 0 Å². The standard InChI is InChI=1S/C24H18BrFN2O2S2/c25-15-7-11-17(12-8-15)28-23(30)21-18-3-1-2-4-20(18)32-22(21)27-24(28)31-13-19(29)14-5-9-16(26)10-6-14/h5-12H,1-4,13H2. The van der Waals surface area contributed by atoms with Gasteiger partial charge in [0.2, 0.25) is 0 Å². The van der Waals surface area contributed by atoms with Crippen LogP contribution >= 0.6 is 39.0 Å². The largest absolute Gasteiger partial charge is 0.293 e. The number of Topliss-reactive ketones (excluding diaryl/α,β-unsaturated/α-hetero) is 1. The zero-order chi connectivity index (χ0) is 22.2. The molecule has 0 N–H and O–H groups in total. The highest BCUT2D eigenvalue weighted by Gasteiger charge is 2.23. The van der Waals surface area contributed by atoms with Gasteiger partial charge in [0.25, 0.3) is 5.56 Å². The van der Waals surface area contributed by atoms with Crippen molar-refractivity contribution in [1.82, 2.24) is 9.55 Å². The second-order valence-corrected chi connectivity index (χ2v) is 10.6. The second-order valence-electron chi connectivity index (χ2n) is 7.62. The number of ketones is 1. The molecule has 0 unspecified atom stereocenters. The van der Waals surface area contributed by atoms with E-state index in [1.165, 1.54) is 40.9 Å². The molecule has 4 aromatic rings. The minimum absolute atomic E-state index is 0.0894. The molecule has 0 spiro atoms. The van der Waals surface area contributed by atoms with E-state index in [2.05, 4.69) is 15.9 Å². The first-order chi connectivity index (χ1) is 15.5. The fraction of sp³-hybridized carbons (Fsp3) is 0.208. The summed E-state index contributed by atoms with van der Waals surface area (Å²) < 4.78 is 15.7. The Morgan fingerprint density at radius 3 is 2.56 bits per heavy atom. The average Bonchev–Trinajstić information content (AvgIpc) is 3.17. The fourth-order valence-electron chi connectivity index (χ4n) is 3.95. The summed E-state index contributed by atoms with van der Waals surface area (Å²) in [6.07, 6.45) is 4.11. The van der Waals surface area contributed by atoms with Gasteiger partial charge in [0.05, 0.1) is 16.8 Å². The number of fused-ring (bicyclic) bond motifs is 3. The van der Waals surface area contributed by atoms with Crippen LogP contribution in [0.25, 0.3) is 15.9 Å². The third-order valence-electron chi connectivity index (χ3n) is 5.54. The van der Waals surface area contributed by atoms with E-state index in [9.17, 15) is 14.0 Å². The van der Waals surface area contributed by atoms with Crippen molar-refractivity contribution < 1.29 is 9.18 Å². The Kier molecular flexibility index (Phi) is 6.01. The van der Waals surface area contributed by atoms with Gasteiger partial charge < -0.3 is 0 Å². The smallest absolute Gasteiger partial charge is 0.267 e. The van der Waals surface area contributed by atoms with E-state index in [1.54, 1.807) is 15.9 Å². The van der Waals surface area contributed by atoms with Crippen molar-refractivity contribution in [2.75, 3.05) is 5.75 Å². The van der Waals surface area contributed by atoms with Gasteiger partial charge in [-0.3, -0.25) is 14.2 Å². The molecular formula is C24H18BrFN2O2S2. The predicted octanol–water partition coefficient (Wildman–Crippen LogP) is 6.20. The third-order valence-corrected chi connectivity index (χ3v) is 8.19. The number of hydrogen-bond donors (Lipinski definition) is 0. The van der Waals surface area contributed by atoms with E-state index in [4.69, 9.17) is 4.98 Å². The minimum atomic E-state index is -0.382. The quantitative estimate of drug-likeness (QED) is 0.176. The number of nitrogens with zero attached hydrogens (tertiary/aromatic N) is 2. The fourth-order valence-corrected chi connectivity index (χ4v) is 6.42. The molecule has 1 aliphatic rings. The lowest BCUT2D eigenvalue weighted by Crippen LogP contribution is -2.22. The molecule has 0 saturated heterocycles. The number of rotatable bonds is 5. The zero-order valence-corrected chi connectivity index (χ0v) is 20.2. The molecule has 0 amide bonds. The van der Waals surface area contributed by atoms with Crippen LogP contribution in [-0.4, -0.2) is 21.1 Å². The van der Waals surface area contributed by atoms with Crippen LogP contribution in [0.5, 0.6) is 0 Å². The summed E-state index contributed by atoms with van der Waals surface area (Å²) >= 11 is 6.27. The maximum atomic E-state index is 13.7. The molecule has 4 nitrogen and oxygen atoms in total. The van der Waals surface area contributed by atoms with Crippen LogP contribution in [-0.2, 0) is 12.8 Å². The molecule has 0 atom stereocenters. The van der Waals surface area contributed by atoms with Crippen molar-refractivity contribution in [3.63, 3.8) is 0 Å². The Bertz CT molecular complexity index is 1380. The molecule has 162 valence electrons. The lowest BCUT2D eigenvalue weighted by Gasteiger charge is -2.13. The van der Waals surface area contributed by atoms with Crippen LogP contribution in [0.2, 0.25) is 0 Å². The van der Waals surface area contributed by atoms with Crippen molar-refractivity contribution in [3.05, 3.63) is 85.2 Å². The number of hydrogen-bond acceptors (Lipinski definition) is 5. The van der Waals surface area contributed by atoms with E-state index < -0.39 is 0 Å². The van der Waals surface area contributed by atoms with E-state index in [0.717, 1.165) is 40.5 Å². The molecular weight excluding hydrogens is 511 g/mol. The van der Waals surface area contributed by atoms with E-state index in [0.29, 0.717) is 21.8 Å². The first kappa shape index (κ1) is 21.6. The van der Waals surface area contributed by atoms with Crippen LogP contribution in [0.15, 0.2) is 63.0 Å². The molecule has 8 heteroatoms. The highest BCUT2D eigenvalue weighted by Crippen LogP contribution is 2.35. The molecule has 5 rings (SSSR count). The van der Waals surface area contributed by atoms with Gasteiger partial charge in [-0.15, -0.1) is 11.3 Å². The zero-order valence-electron chi connectivity index (χ0n) is 16.9. The Labute approximate surface area is 200 Å². The predicted molar refractivity (Wildman–Crippen MR) is 131 cm³/mol. The van der Waals surface area contributed by atoms with Crippen LogP contribution < -0.4 is 5.56 Å². The van der Waals surface area contributed by atoms with Crippen molar-refractivity contribution in [2.24, 2.45) is 0 Å². The number of benzene rings is 2. The van der Waals surface area contributed by atoms with Crippen LogP contribution in [0.1, 0.15) is 33.6 Å². The Hall–Kier alpha value is -2.29. The molecule has 32 heavy (non-hydrogen) atoms. The monoisotopic (exact) mass is 528 g/mol. The van der Waals surface area contributed by atoms with Crippen molar-refractivity contribution >= 4 is 55.0 Å². The van der Waals surface area contributed by atoms with Gasteiger partial charge >= 0.3 is 0 Å². The average molecular weight is 529 g/mol. The number of carbonyl (C=O) groups excluding carboxylic acids is 1. The van der Waals surface area contributed by atoms with Gasteiger partial charge in [0, 0.05) is 14.9 Å². The van der Waals surface area contributed by atoms with Crippen molar-refractivity contribution in [1.29, 1.82) is 0 Å². The van der Waals surface area contributed by atoms with Crippen molar-refractivity contribution in [3.8, 4) is 5.69 Å². The van der Waals surface area contributed by atoms with Gasteiger partial charge in [-0.25, -0.2) is 9.37 Å². The second kappa shape index (κ2) is 8.92. The first-order valence-electron chi connectivity index (χ1n) is 10.3. The number of aryl methyl sites for hydroxylation is 2. The highest BCUT2D eigenvalue weighted by molar-refractivity contribution is 9.10. The summed E-state index contributed by atoms with van der Waals surface area (Å²) in [6.45, 7) is 0. The number of thioether (sulfide) groups is 1. The Morgan fingerprint density at radius 1 is 1.09 bits per heavy atom. The molecule has 0 aliphatic heterocycles. The van der Waals surface area contributed by atoms with Crippen LogP contribution in [0.4, 0.5) is 4.39 Å².